The third kappa shape index (κ3) is 2.02. The van der Waals surface area contributed by atoms with Gasteiger partial charge in [0.2, 0.25) is 0 Å². The zero-order valence-electron chi connectivity index (χ0n) is 7.92. The van der Waals surface area contributed by atoms with Gasteiger partial charge in [-0.25, -0.2) is 0 Å². The Morgan fingerprint density at radius 3 is 2.85 bits per heavy atom. The quantitative estimate of drug-likeness (QED) is 0.597. The summed E-state index contributed by atoms with van der Waals surface area (Å²) in [4.78, 5) is 0. The Morgan fingerprint density at radius 2 is 2.15 bits per heavy atom. The van der Waals surface area contributed by atoms with Gasteiger partial charge in [0.25, 0.3) is 0 Å². The average Bonchev–Trinajstić information content (AvgIpc) is 2.19. The molecule has 2 saturated heterocycles. The van der Waals surface area contributed by atoms with E-state index in [9.17, 15) is 0 Å². The second kappa shape index (κ2) is 3.92. The molecule has 3 N–H and O–H groups in total. The van der Waals surface area contributed by atoms with Gasteiger partial charge in [-0.05, 0) is 6.42 Å². The maximum absolute atomic E-state index is 5.72. The number of rotatable bonds is 1. The third-order valence-corrected chi connectivity index (χ3v) is 2.80. The predicted molar refractivity (Wildman–Crippen MR) is 49.3 cm³/mol. The molecule has 0 aromatic rings. The molecule has 2 fully saturated rings. The van der Waals surface area contributed by atoms with Crippen LogP contribution in [0.25, 0.3) is 0 Å². The first-order valence-electron chi connectivity index (χ1n) is 5.06. The first-order chi connectivity index (χ1) is 6.35. The Balaban J connectivity index is 1.95. The molecule has 13 heavy (non-hydrogen) atoms. The second-order valence-electron chi connectivity index (χ2n) is 3.80. The molecule has 2 aliphatic rings. The molecule has 0 amide bonds. The van der Waals surface area contributed by atoms with Crippen LogP contribution >= 0.6 is 0 Å². The number of nitrogens with two attached hydrogens (primary N) is 1. The van der Waals surface area contributed by atoms with Gasteiger partial charge in [-0.2, -0.15) is 0 Å². The third-order valence-electron chi connectivity index (χ3n) is 2.80. The Labute approximate surface area is 78.8 Å². The van der Waals surface area contributed by atoms with Gasteiger partial charge in [0.15, 0.2) is 5.79 Å². The molecule has 76 valence electrons. The van der Waals surface area contributed by atoms with E-state index in [1.54, 1.807) is 0 Å². The Morgan fingerprint density at radius 1 is 1.38 bits per heavy atom. The van der Waals surface area contributed by atoms with E-state index in [0.717, 1.165) is 39.0 Å². The smallest absolute Gasteiger partial charge is 0.171 e. The summed E-state index contributed by atoms with van der Waals surface area (Å²) in [5.41, 5.74) is 5.62. The molecule has 0 bridgehead atoms. The van der Waals surface area contributed by atoms with Crippen molar-refractivity contribution in [1.29, 1.82) is 0 Å². The van der Waals surface area contributed by atoms with E-state index >= 15 is 0 Å². The number of hydrogen-bond donors (Lipinski definition) is 2. The highest BCUT2D eigenvalue weighted by Crippen LogP contribution is 2.30. The Kier molecular flexibility index (Phi) is 2.83. The van der Waals surface area contributed by atoms with Crippen LogP contribution in [0.4, 0.5) is 0 Å². The first kappa shape index (κ1) is 9.40. The lowest BCUT2D eigenvalue weighted by Crippen LogP contribution is -2.55. The lowest BCUT2D eigenvalue weighted by atomic mass is 9.97. The molecule has 1 spiro atoms. The second-order valence-corrected chi connectivity index (χ2v) is 3.80. The Bertz CT molecular complexity index is 163. The van der Waals surface area contributed by atoms with E-state index in [1.165, 1.54) is 0 Å². The maximum atomic E-state index is 5.72. The van der Waals surface area contributed by atoms with Crippen LogP contribution in [0.2, 0.25) is 0 Å². The number of ether oxygens (including phenoxy) is 2. The summed E-state index contributed by atoms with van der Waals surface area (Å²) in [5, 5.41) is 3.36. The predicted octanol–water partition coefficient (Wildman–Crippen LogP) is -0.170. The minimum Gasteiger partial charge on any atom is -0.350 e. The summed E-state index contributed by atoms with van der Waals surface area (Å²) < 4.78 is 11.4. The van der Waals surface area contributed by atoms with E-state index < -0.39 is 0 Å². The maximum Gasteiger partial charge on any atom is 0.171 e. The SMILES string of the molecule is NCC1CC2(CCN1)OCCCO2. The van der Waals surface area contributed by atoms with Gasteiger partial charge in [-0.1, -0.05) is 0 Å². The lowest BCUT2D eigenvalue weighted by molar-refractivity contribution is -0.281. The minimum absolute atomic E-state index is 0.312. The zero-order valence-corrected chi connectivity index (χ0v) is 7.92. The number of hydrogen-bond acceptors (Lipinski definition) is 4. The van der Waals surface area contributed by atoms with Gasteiger partial charge < -0.3 is 20.5 Å². The molecule has 0 aromatic heterocycles. The van der Waals surface area contributed by atoms with Crippen molar-refractivity contribution in [3.63, 3.8) is 0 Å². The Hall–Kier alpha value is -0.160. The topological polar surface area (TPSA) is 56.5 Å². The van der Waals surface area contributed by atoms with E-state index in [1.807, 2.05) is 0 Å². The van der Waals surface area contributed by atoms with Crippen LogP contribution in [0.15, 0.2) is 0 Å². The largest absolute Gasteiger partial charge is 0.350 e. The molecule has 1 unspecified atom stereocenters. The highest BCUT2D eigenvalue weighted by molar-refractivity contribution is 4.86. The molecule has 0 aromatic carbocycles. The van der Waals surface area contributed by atoms with Crippen molar-refractivity contribution in [2.75, 3.05) is 26.3 Å². The fraction of sp³-hybridized carbons (Fsp3) is 1.00. The van der Waals surface area contributed by atoms with Crippen molar-refractivity contribution in [2.24, 2.45) is 5.73 Å². The van der Waals surface area contributed by atoms with Crippen molar-refractivity contribution in [1.82, 2.24) is 5.32 Å². The standard InChI is InChI=1S/C9H18N2O2/c10-7-8-6-9(2-3-11-8)12-4-1-5-13-9/h8,11H,1-7,10H2. The molecule has 1 atom stereocenters. The summed E-state index contributed by atoms with van der Waals surface area (Å²) >= 11 is 0. The fourth-order valence-corrected chi connectivity index (χ4v) is 2.06. The molecule has 2 aliphatic heterocycles. The van der Waals surface area contributed by atoms with Crippen molar-refractivity contribution < 1.29 is 9.47 Å². The summed E-state index contributed by atoms with van der Waals surface area (Å²) in [7, 11) is 0. The van der Waals surface area contributed by atoms with Gasteiger partial charge in [0, 0.05) is 32.0 Å². The van der Waals surface area contributed by atoms with E-state index in [2.05, 4.69) is 5.32 Å². The van der Waals surface area contributed by atoms with Crippen molar-refractivity contribution in [3.8, 4) is 0 Å². The molecule has 0 saturated carbocycles. The molecule has 0 aliphatic carbocycles. The van der Waals surface area contributed by atoms with Crippen LogP contribution in [-0.2, 0) is 9.47 Å². The van der Waals surface area contributed by atoms with Gasteiger partial charge in [0.1, 0.15) is 0 Å². The van der Waals surface area contributed by atoms with Crippen LogP contribution < -0.4 is 11.1 Å². The fourth-order valence-electron chi connectivity index (χ4n) is 2.06. The summed E-state index contributed by atoms with van der Waals surface area (Å²) in [6, 6.07) is 0.354. The molecule has 0 radical (unpaired) electrons. The van der Waals surface area contributed by atoms with Crippen LogP contribution in [0.3, 0.4) is 0 Å². The average molecular weight is 186 g/mol. The number of piperidine rings is 1. The first-order valence-corrected chi connectivity index (χ1v) is 5.06. The van der Waals surface area contributed by atoms with Crippen LogP contribution in [0.5, 0.6) is 0 Å². The van der Waals surface area contributed by atoms with E-state index in [0.29, 0.717) is 12.6 Å². The zero-order chi connectivity index (χ0) is 9.15. The van der Waals surface area contributed by atoms with E-state index in [4.69, 9.17) is 15.2 Å². The van der Waals surface area contributed by atoms with Crippen molar-refractivity contribution >= 4 is 0 Å². The summed E-state index contributed by atoms with van der Waals surface area (Å²) in [6.07, 6.45) is 2.86. The normalized spacial score (nSPS) is 33.5. The molecule has 4 heteroatoms. The van der Waals surface area contributed by atoms with Gasteiger partial charge >= 0.3 is 0 Å². The van der Waals surface area contributed by atoms with Crippen LogP contribution in [0.1, 0.15) is 19.3 Å². The molecule has 4 nitrogen and oxygen atoms in total. The van der Waals surface area contributed by atoms with Gasteiger partial charge in [0.05, 0.1) is 13.2 Å². The van der Waals surface area contributed by atoms with Crippen molar-refractivity contribution in [2.45, 2.75) is 31.1 Å². The van der Waals surface area contributed by atoms with E-state index in [-0.39, 0.29) is 5.79 Å². The van der Waals surface area contributed by atoms with Gasteiger partial charge in [-0.3, -0.25) is 0 Å². The summed E-state index contributed by atoms with van der Waals surface area (Å²) in [5.74, 6) is -0.312. The van der Waals surface area contributed by atoms with Crippen LogP contribution in [-0.4, -0.2) is 38.1 Å². The summed E-state index contributed by atoms with van der Waals surface area (Å²) in [6.45, 7) is 3.27. The monoisotopic (exact) mass is 186 g/mol. The molecular weight excluding hydrogens is 168 g/mol. The van der Waals surface area contributed by atoms with Crippen molar-refractivity contribution in [3.05, 3.63) is 0 Å². The van der Waals surface area contributed by atoms with Crippen LogP contribution in [0, 0.1) is 0 Å². The molecule has 2 heterocycles. The van der Waals surface area contributed by atoms with Gasteiger partial charge in [-0.15, -0.1) is 0 Å². The lowest BCUT2D eigenvalue weighted by Gasteiger charge is -2.43. The molecule has 2 rings (SSSR count). The number of nitrogens with one attached hydrogen (secondary N) is 1. The molecular formula is C9H18N2O2. The highest BCUT2D eigenvalue weighted by atomic mass is 16.7. The highest BCUT2D eigenvalue weighted by Gasteiger charge is 2.39. The minimum atomic E-state index is -0.312.